The largest absolute Gasteiger partial charge is 0.330 e. The third-order valence-electron chi connectivity index (χ3n) is 5.54. The summed E-state index contributed by atoms with van der Waals surface area (Å²) in [4.78, 5) is 33.1. The van der Waals surface area contributed by atoms with Crippen molar-refractivity contribution in [2.75, 3.05) is 25.5 Å². The van der Waals surface area contributed by atoms with Crippen LogP contribution in [0.2, 0.25) is 5.02 Å². The number of alkyl halides is 1. The van der Waals surface area contributed by atoms with E-state index in [4.69, 9.17) is 11.6 Å². The predicted molar refractivity (Wildman–Crippen MR) is 112 cm³/mol. The molecule has 1 aromatic carbocycles. The Kier molecular flexibility index (Phi) is 5.87. The van der Waals surface area contributed by atoms with E-state index >= 15 is 0 Å². The summed E-state index contributed by atoms with van der Waals surface area (Å²) in [6, 6.07) is 6.96. The fourth-order valence-corrected chi connectivity index (χ4v) is 4.05. The minimum absolute atomic E-state index is 0.0594. The molecule has 2 aliphatic rings. The second-order valence-corrected chi connectivity index (χ2v) is 8.01. The van der Waals surface area contributed by atoms with E-state index in [9.17, 15) is 14.0 Å². The summed E-state index contributed by atoms with van der Waals surface area (Å²) < 4.78 is 15.3. The van der Waals surface area contributed by atoms with Gasteiger partial charge in [0, 0.05) is 31.8 Å². The summed E-state index contributed by atoms with van der Waals surface area (Å²) in [5, 5.41) is 3.26. The molecule has 1 saturated heterocycles. The highest BCUT2D eigenvalue weighted by Gasteiger charge is 2.28. The Hall–Kier alpha value is -2.71. The molecular formula is C21H23ClFN5O2. The lowest BCUT2D eigenvalue weighted by atomic mass is 10.2. The van der Waals surface area contributed by atoms with Crippen molar-refractivity contribution in [3.8, 4) is 0 Å². The Morgan fingerprint density at radius 2 is 2.10 bits per heavy atom. The summed E-state index contributed by atoms with van der Waals surface area (Å²) in [5.74, 6) is 0.211. The number of rotatable bonds is 4. The van der Waals surface area contributed by atoms with Gasteiger partial charge in [0.1, 0.15) is 17.7 Å². The first-order valence-electron chi connectivity index (χ1n) is 9.84. The van der Waals surface area contributed by atoms with Gasteiger partial charge in [0.2, 0.25) is 5.91 Å². The van der Waals surface area contributed by atoms with E-state index in [1.54, 1.807) is 35.2 Å². The van der Waals surface area contributed by atoms with Gasteiger partial charge in [-0.15, -0.1) is 0 Å². The molecule has 1 N–H and O–H groups in total. The van der Waals surface area contributed by atoms with Crippen molar-refractivity contribution in [2.45, 2.75) is 31.7 Å². The molecule has 9 heteroatoms. The molecule has 2 atom stereocenters. The first-order chi connectivity index (χ1) is 14.4. The quantitative estimate of drug-likeness (QED) is 0.756. The molecule has 7 nitrogen and oxygen atoms in total. The van der Waals surface area contributed by atoms with E-state index in [1.807, 2.05) is 16.5 Å². The summed E-state index contributed by atoms with van der Waals surface area (Å²) in [6.45, 7) is 1.64. The lowest BCUT2D eigenvalue weighted by Crippen LogP contribution is -2.38. The van der Waals surface area contributed by atoms with Crippen LogP contribution in [0.25, 0.3) is 0 Å². The van der Waals surface area contributed by atoms with E-state index in [0.717, 1.165) is 0 Å². The van der Waals surface area contributed by atoms with Crippen LogP contribution < -0.4 is 5.32 Å². The van der Waals surface area contributed by atoms with Crippen molar-refractivity contribution in [1.29, 1.82) is 0 Å². The van der Waals surface area contributed by atoms with E-state index < -0.39 is 6.17 Å². The van der Waals surface area contributed by atoms with Crippen LogP contribution in [-0.2, 0) is 17.9 Å². The minimum atomic E-state index is -0.849. The SMILES string of the molecule is CN1C[C@@H](F)C[C@@H]1/C=C/C(=O)N1CCn2c(C(=O)Nc3ccccc3Cl)cnc2C1. The highest BCUT2D eigenvalue weighted by molar-refractivity contribution is 6.33. The van der Waals surface area contributed by atoms with Gasteiger partial charge in [-0.25, -0.2) is 9.37 Å². The molecule has 30 heavy (non-hydrogen) atoms. The van der Waals surface area contributed by atoms with Crippen molar-refractivity contribution in [3.05, 3.63) is 59.2 Å². The zero-order valence-corrected chi connectivity index (χ0v) is 17.3. The summed E-state index contributed by atoms with van der Waals surface area (Å²) in [7, 11) is 1.85. The molecule has 158 valence electrons. The van der Waals surface area contributed by atoms with Crippen molar-refractivity contribution < 1.29 is 14.0 Å². The molecule has 0 spiro atoms. The lowest BCUT2D eigenvalue weighted by molar-refractivity contribution is -0.127. The molecule has 0 saturated carbocycles. The zero-order chi connectivity index (χ0) is 21.3. The molecule has 3 heterocycles. The van der Waals surface area contributed by atoms with Crippen molar-refractivity contribution >= 4 is 29.1 Å². The van der Waals surface area contributed by atoms with Crippen LogP contribution in [0.4, 0.5) is 10.1 Å². The number of halogens is 2. The predicted octanol–water partition coefficient (Wildman–Crippen LogP) is 2.73. The number of para-hydroxylation sites is 1. The average Bonchev–Trinajstić information content (AvgIpc) is 3.29. The first-order valence-corrected chi connectivity index (χ1v) is 10.2. The number of carbonyl (C=O) groups is 2. The number of aromatic nitrogens is 2. The molecule has 2 aromatic rings. The number of fused-ring (bicyclic) bond motifs is 1. The van der Waals surface area contributed by atoms with E-state index in [-0.39, 0.29) is 17.9 Å². The summed E-state index contributed by atoms with van der Waals surface area (Å²) in [6.07, 6.45) is 4.36. The smallest absolute Gasteiger partial charge is 0.273 e. The number of imidazole rings is 1. The molecule has 4 rings (SSSR count). The molecule has 1 aromatic heterocycles. The van der Waals surface area contributed by atoms with Crippen molar-refractivity contribution in [2.24, 2.45) is 0 Å². The molecule has 0 unspecified atom stereocenters. The Bertz CT molecular complexity index is 992. The molecule has 0 bridgehead atoms. The van der Waals surface area contributed by atoms with E-state index in [2.05, 4.69) is 10.3 Å². The average molecular weight is 432 g/mol. The second kappa shape index (κ2) is 8.57. The first kappa shape index (κ1) is 20.6. The minimum Gasteiger partial charge on any atom is -0.330 e. The number of amides is 2. The number of nitrogens with one attached hydrogen (secondary N) is 1. The Morgan fingerprint density at radius 1 is 1.30 bits per heavy atom. The van der Waals surface area contributed by atoms with Crippen molar-refractivity contribution in [1.82, 2.24) is 19.4 Å². The third kappa shape index (κ3) is 4.24. The van der Waals surface area contributed by atoms with Crippen LogP contribution in [0, 0.1) is 0 Å². The fourth-order valence-electron chi connectivity index (χ4n) is 3.87. The highest BCUT2D eigenvalue weighted by atomic mass is 35.5. The number of benzene rings is 1. The fraction of sp³-hybridized carbons (Fsp3) is 0.381. The highest BCUT2D eigenvalue weighted by Crippen LogP contribution is 2.23. The molecule has 0 aliphatic carbocycles. The maximum Gasteiger partial charge on any atom is 0.273 e. The van der Waals surface area contributed by atoms with Gasteiger partial charge in [0.05, 0.1) is 23.5 Å². The van der Waals surface area contributed by atoms with Gasteiger partial charge in [-0.2, -0.15) is 0 Å². The van der Waals surface area contributed by atoms with Gasteiger partial charge < -0.3 is 14.8 Å². The number of likely N-dealkylation sites (tertiary alicyclic amines) is 1. The van der Waals surface area contributed by atoms with Gasteiger partial charge in [-0.05, 0) is 25.6 Å². The van der Waals surface area contributed by atoms with Crippen LogP contribution in [0.5, 0.6) is 0 Å². The normalized spacial score (nSPS) is 21.8. The maximum atomic E-state index is 13.5. The number of hydrogen-bond donors (Lipinski definition) is 1. The Morgan fingerprint density at radius 3 is 2.83 bits per heavy atom. The number of nitrogens with zero attached hydrogens (tertiary/aromatic N) is 4. The number of likely N-dealkylation sites (N-methyl/N-ethyl adjacent to an activating group) is 1. The third-order valence-corrected chi connectivity index (χ3v) is 5.87. The van der Waals surface area contributed by atoms with E-state index in [1.165, 1.54) is 12.3 Å². The second-order valence-electron chi connectivity index (χ2n) is 7.60. The lowest BCUT2D eigenvalue weighted by Gasteiger charge is -2.27. The molecule has 2 amide bonds. The van der Waals surface area contributed by atoms with Crippen molar-refractivity contribution in [3.63, 3.8) is 0 Å². The van der Waals surface area contributed by atoms with Gasteiger partial charge in [0.15, 0.2) is 0 Å². The number of anilines is 1. The molecule has 1 fully saturated rings. The Balaban J connectivity index is 1.40. The van der Waals surface area contributed by atoms with Crippen LogP contribution >= 0.6 is 11.6 Å². The molecule has 0 radical (unpaired) electrons. The topological polar surface area (TPSA) is 70.5 Å². The zero-order valence-electron chi connectivity index (χ0n) is 16.6. The van der Waals surface area contributed by atoms with Crippen LogP contribution in [-0.4, -0.2) is 63.5 Å². The van der Waals surface area contributed by atoms with Gasteiger partial charge >= 0.3 is 0 Å². The monoisotopic (exact) mass is 431 g/mol. The molecule has 2 aliphatic heterocycles. The maximum absolute atomic E-state index is 13.5. The van der Waals surface area contributed by atoms with Gasteiger partial charge in [0.25, 0.3) is 5.91 Å². The number of carbonyl (C=O) groups excluding carboxylic acids is 2. The summed E-state index contributed by atoms with van der Waals surface area (Å²) >= 11 is 6.11. The van der Waals surface area contributed by atoms with E-state index in [0.29, 0.717) is 54.8 Å². The van der Waals surface area contributed by atoms with Crippen LogP contribution in [0.15, 0.2) is 42.6 Å². The molecular weight excluding hydrogens is 409 g/mol. The Labute approximate surface area is 179 Å². The van der Waals surface area contributed by atoms with Crippen LogP contribution in [0.3, 0.4) is 0 Å². The number of hydrogen-bond acceptors (Lipinski definition) is 4. The van der Waals surface area contributed by atoms with Crippen LogP contribution in [0.1, 0.15) is 22.7 Å². The summed E-state index contributed by atoms with van der Waals surface area (Å²) in [5.41, 5.74) is 0.957. The standard InChI is InChI=1S/C21H23ClFN5O2/c1-26-12-14(23)10-15(26)6-7-20(29)27-8-9-28-18(11-24-19(28)13-27)21(30)25-17-5-3-2-4-16(17)22/h2-7,11,14-15H,8-10,12-13H2,1H3,(H,25,30)/b7-6+/t14-,15-/m0/s1. The van der Waals surface area contributed by atoms with Gasteiger partial charge in [-0.3, -0.25) is 14.5 Å². The van der Waals surface area contributed by atoms with Gasteiger partial charge in [-0.1, -0.05) is 29.8 Å².